The number of benzene rings is 2. The van der Waals surface area contributed by atoms with E-state index in [-0.39, 0.29) is 6.42 Å². The van der Waals surface area contributed by atoms with E-state index in [0.717, 1.165) is 67.6 Å². The molecular formula is C32H31N3O4. The topological polar surface area (TPSA) is 105 Å². The number of aryl methyl sites for hydroxylation is 1. The van der Waals surface area contributed by atoms with Gasteiger partial charge in [-0.25, -0.2) is 4.98 Å². The Morgan fingerprint density at radius 3 is 2.51 bits per heavy atom. The number of hydrogen-bond acceptors (Lipinski definition) is 6. The monoisotopic (exact) mass is 521 g/mol. The number of aromatic nitrogens is 3. The van der Waals surface area contributed by atoms with Crippen molar-refractivity contribution >= 4 is 27.8 Å². The first-order valence-electron chi connectivity index (χ1n) is 12.9. The Labute approximate surface area is 227 Å². The molecule has 0 atom stereocenters. The van der Waals surface area contributed by atoms with Gasteiger partial charge in [-0.05, 0) is 98.5 Å². The molecule has 0 fully saturated rings. The highest BCUT2D eigenvalue weighted by molar-refractivity contribution is 6.08. The SMILES string of the molecule is CC(C)(C)O.Cc1cc2nc(-c3ccccn3)ccc2c(-c2ccc3c4c(ccnc24)CCO3)c1CC(=O)O. The summed E-state index contributed by atoms with van der Waals surface area (Å²) in [6, 6.07) is 17.6. The molecule has 0 saturated carbocycles. The van der Waals surface area contributed by atoms with Crippen LogP contribution < -0.4 is 4.74 Å². The molecule has 1 aliphatic heterocycles. The molecule has 0 spiro atoms. The first-order valence-corrected chi connectivity index (χ1v) is 12.9. The molecule has 7 heteroatoms. The summed E-state index contributed by atoms with van der Waals surface area (Å²) >= 11 is 0. The number of aliphatic carboxylic acids is 1. The van der Waals surface area contributed by atoms with E-state index in [0.29, 0.717) is 6.61 Å². The van der Waals surface area contributed by atoms with E-state index in [4.69, 9.17) is 19.8 Å². The van der Waals surface area contributed by atoms with Crippen molar-refractivity contribution in [3.05, 3.63) is 83.7 Å². The first kappa shape index (κ1) is 26.3. The largest absolute Gasteiger partial charge is 0.493 e. The molecule has 0 unspecified atom stereocenters. The van der Waals surface area contributed by atoms with Crippen LogP contribution in [-0.2, 0) is 17.6 Å². The number of fused-ring (bicyclic) bond motifs is 1. The van der Waals surface area contributed by atoms with Gasteiger partial charge in [0.2, 0.25) is 0 Å². The number of rotatable bonds is 4. The highest BCUT2D eigenvalue weighted by Crippen LogP contribution is 2.42. The lowest BCUT2D eigenvalue weighted by molar-refractivity contribution is -0.136. The normalized spacial score (nSPS) is 12.5. The van der Waals surface area contributed by atoms with Crippen LogP contribution in [0.4, 0.5) is 0 Å². The van der Waals surface area contributed by atoms with E-state index in [2.05, 4.69) is 4.98 Å². The summed E-state index contributed by atoms with van der Waals surface area (Å²) in [4.78, 5) is 25.9. The van der Waals surface area contributed by atoms with Gasteiger partial charge in [0.25, 0.3) is 0 Å². The lowest BCUT2D eigenvalue weighted by Gasteiger charge is -2.21. The Morgan fingerprint density at radius 1 is 1.00 bits per heavy atom. The molecule has 4 heterocycles. The maximum Gasteiger partial charge on any atom is 0.307 e. The molecule has 2 N–H and O–H groups in total. The molecule has 0 bridgehead atoms. The van der Waals surface area contributed by atoms with Crippen LogP contribution in [0.2, 0.25) is 0 Å². The van der Waals surface area contributed by atoms with Crippen molar-refractivity contribution in [3.63, 3.8) is 0 Å². The van der Waals surface area contributed by atoms with Gasteiger partial charge >= 0.3 is 5.97 Å². The van der Waals surface area contributed by atoms with Crippen molar-refractivity contribution in [2.24, 2.45) is 0 Å². The van der Waals surface area contributed by atoms with E-state index in [1.807, 2.05) is 67.7 Å². The fraction of sp³-hybridized carbons (Fsp3) is 0.250. The van der Waals surface area contributed by atoms with Crippen LogP contribution >= 0.6 is 0 Å². The molecule has 1 aliphatic rings. The number of pyridine rings is 3. The summed E-state index contributed by atoms with van der Waals surface area (Å²) in [7, 11) is 0. The second kappa shape index (κ2) is 10.4. The van der Waals surface area contributed by atoms with Crippen LogP contribution in [0.25, 0.3) is 44.3 Å². The minimum Gasteiger partial charge on any atom is -0.493 e. The fourth-order valence-electron chi connectivity index (χ4n) is 4.90. The van der Waals surface area contributed by atoms with Gasteiger partial charge in [0, 0.05) is 35.2 Å². The van der Waals surface area contributed by atoms with Crippen LogP contribution in [0.1, 0.15) is 37.5 Å². The number of carboxylic acids is 1. The van der Waals surface area contributed by atoms with Crippen LogP contribution in [0.15, 0.2) is 67.0 Å². The molecule has 0 amide bonds. The smallest absolute Gasteiger partial charge is 0.307 e. The Kier molecular flexibility index (Phi) is 7.02. The van der Waals surface area contributed by atoms with Crippen molar-refractivity contribution in [2.45, 2.75) is 46.1 Å². The predicted octanol–water partition coefficient (Wildman–Crippen LogP) is 6.16. The number of carbonyl (C=O) groups is 1. The van der Waals surface area contributed by atoms with Crippen molar-refractivity contribution in [1.29, 1.82) is 0 Å². The molecule has 0 radical (unpaired) electrons. The summed E-state index contributed by atoms with van der Waals surface area (Å²) in [5, 5.41) is 20.1. The summed E-state index contributed by atoms with van der Waals surface area (Å²) in [6.07, 6.45) is 4.30. The molecule has 7 nitrogen and oxygen atoms in total. The summed E-state index contributed by atoms with van der Waals surface area (Å²) in [5.41, 5.74) is 7.28. The highest BCUT2D eigenvalue weighted by atomic mass is 16.5. The Hall–Kier alpha value is -4.36. The maximum atomic E-state index is 11.8. The standard InChI is InChI=1S/C28H21N3O3.C4H10O/c1-16-14-23-18(5-7-22(31-23)21-4-2-3-11-29-21)27(20(16)15-25(32)33)19-6-8-24-26-17(10-13-34-24)9-12-30-28(19)26;1-4(2,3)5/h2-9,11-12,14H,10,13,15H2,1H3,(H,32,33);5H,1-3H3. The van der Waals surface area contributed by atoms with E-state index >= 15 is 0 Å². The van der Waals surface area contributed by atoms with Crippen LogP contribution in [0.5, 0.6) is 5.75 Å². The quantitative estimate of drug-likeness (QED) is 0.292. The maximum absolute atomic E-state index is 11.8. The Bertz CT molecular complexity index is 1680. The van der Waals surface area contributed by atoms with Gasteiger partial charge < -0.3 is 14.9 Å². The number of aliphatic hydroxyl groups is 1. The van der Waals surface area contributed by atoms with Gasteiger partial charge in [-0.2, -0.15) is 0 Å². The van der Waals surface area contributed by atoms with Gasteiger partial charge in [-0.1, -0.05) is 6.07 Å². The van der Waals surface area contributed by atoms with Gasteiger partial charge in [0.1, 0.15) is 5.75 Å². The summed E-state index contributed by atoms with van der Waals surface area (Å²) < 4.78 is 5.90. The molecule has 39 heavy (non-hydrogen) atoms. The van der Waals surface area contributed by atoms with Crippen molar-refractivity contribution in [2.75, 3.05) is 6.61 Å². The van der Waals surface area contributed by atoms with Gasteiger partial charge in [-0.3, -0.25) is 14.8 Å². The Balaban J connectivity index is 0.000000567. The van der Waals surface area contributed by atoms with Crippen molar-refractivity contribution in [3.8, 4) is 28.3 Å². The minimum atomic E-state index is -0.874. The zero-order valence-corrected chi connectivity index (χ0v) is 22.5. The molecular weight excluding hydrogens is 490 g/mol. The second-order valence-electron chi connectivity index (χ2n) is 10.7. The van der Waals surface area contributed by atoms with Gasteiger partial charge in [-0.15, -0.1) is 0 Å². The number of carboxylic acid groups (broad SMARTS) is 1. The molecule has 6 rings (SSSR count). The van der Waals surface area contributed by atoms with Gasteiger partial charge in [0.15, 0.2) is 0 Å². The second-order valence-corrected chi connectivity index (χ2v) is 10.7. The number of nitrogens with zero attached hydrogens (tertiary/aromatic N) is 3. The first-order chi connectivity index (χ1) is 18.6. The molecule has 198 valence electrons. The van der Waals surface area contributed by atoms with Crippen molar-refractivity contribution in [1.82, 2.24) is 15.0 Å². The third kappa shape index (κ3) is 5.59. The predicted molar refractivity (Wildman–Crippen MR) is 153 cm³/mol. The highest BCUT2D eigenvalue weighted by Gasteiger charge is 2.22. The Morgan fingerprint density at radius 2 is 1.79 bits per heavy atom. The third-order valence-corrected chi connectivity index (χ3v) is 6.42. The minimum absolute atomic E-state index is 0.0848. The number of hydrogen-bond donors (Lipinski definition) is 2. The van der Waals surface area contributed by atoms with Gasteiger partial charge in [0.05, 0.1) is 41.1 Å². The summed E-state index contributed by atoms with van der Waals surface area (Å²) in [6.45, 7) is 7.81. The average molecular weight is 522 g/mol. The molecule has 5 aromatic rings. The third-order valence-electron chi connectivity index (χ3n) is 6.42. The van der Waals surface area contributed by atoms with Crippen molar-refractivity contribution < 1.29 is 19.7 Å². The molecule has 0 saturated heterocycles. The summed E-state index contributed by atoms with van der Waals surface area (Å²) in [5.74, 6) is -0.0544. The van der Waals surface area contributed by atoms with Crippen LogP contribution in [-0.4, -0.2) is 43.3 Å². The lowest BCUT2D eigenvalue weighted by Crippen LogP contribution is -2.10. The van der Waals surface area contributed by atoms with Crippen LogP contribution in [0.3, 0.4) is 0 Å². The molecule has 0 aliphatic carbocycles. The lowest BCUT2D eigenvalue weighted by atomic mass is 9.87. The average Bonchev–Trinajstić information content (AvgIpc) is 2.89. The molecule has 2 aromatic carbocycles. The molecule has 3 aromatic heterocycles. The fourth-order valence-corrected chi connectivity index (χ4v) is 4.90. The number of ether oxygens (including phenoxy) is 1. The van der Waals surface area contributed by atoms with E-state index in [1.165, 1.54) is 5.56 Å². The zero-order chi connectivity index (χ0) is 27.7. The van der Waals surface area contributed by atoms with E-state index in [9.17, 15) is 9.90 Å². The van der Waals surface area contributed by atoms with E-state index < -0.39 is 11.6 Å². The van der Waals surface area contributed by atoms with E-state index in [1.54, 1.807) is 27.0 Å². The van der Waals surface area contributed by atoms with Crippen LogP contribution in [0, 0.1) is 6.92 Å². The zero-order valence-electron chi connectivity index (χ0n) is 22.5.